The fourth-order valence-corrected chi connectivity index (χ4v) is 4.43. The van der Waals surface area contributed by atoms with Gasteiger partial charge in [0.2, 0.25) is 23.6 Å². The number of halogens is 2. The number of hydrogen-bond donors (Lipinski definition) is 0. The predicted octanol–water partition coefficient (Wildman–Crippen LogP) is 2.94. The Bertz CT molecular complexity index is 1170. The number of aryl methyl sites for hydroxylation is 1. The second-order valence-electron chi connectivity index (χ2n) is 8.39. The summed E-state index contributed by atoms with van der Waals surface area (Å²) in [6.07, 6.45) is 2.70. The number of likely N-dealkylation sites (tertiary alicyclic amines) is 1. The summed E-state index contributed by atoms with van der Waals surface area (Å²) >= 11 is 0. The number of carbonyl (C=O) groups excluding carboxylic acids is 1. The summed E-state index contributed by atoms with van der Waals surface area (Å²) in [6.45, 7) is 3.45. The minimum atomic E-state index is -2.71. The Morgan fingerprint density at radius 2 is 2.06 bits per heavy atom. The van der Waals surface area contributed by atoms with Gasteiger partial charge in [0.15, 0.2) is 11.2 Å². The molecule has 0 N–H and O–H groups in total. The quantitative estimate of drug-likeness (QED) is 0.560. The SMILES string of the molecule is CCn1c(-c2ccc(OC)nc2)nc2c(O[C@H]3CCN(C(=O)C4CC(F)(F)C4)C3)ncnc21. The molecule has 0 unspecified atom stereocenters. The lowest BCUT2D eigenvalue weighted by molar-refractivity contribution is -0.159. The van der Waals surface area contributed by atoms with E-state index in [4.69, 9.17) is 14.5 Å². The van der Waals surface area contributed by atoms with Gasteiger partial charge >= 0.3 is 0 Å². The standard InChI is InChI=1S/C22H24F2N6O3/c1-3-30-18(13-4-5-16(32-2)25-10-13)28-17-19(30)26-12-27-20(17)33-15-6-7-29(11-15)21(31)14-8-22(23,24)9-14/h4-5,10,12,14-15H,3,6-9,11H2,1-2H3/t15-/m0/s1. The predicted molar refractivity (Wildman–Crippen MR) is 114 cm³/mol. The van der Waals surface area contributed by atoms with E-state index in [0.717, 1.165) is 5.56 Å². The van der Waals surface area contributed by atoms with Crippen LogP contribution >= 0.6 is 0 Å². The molecule has 0 spiro atoms. The first-order chi connectivity index (χ1) is 15.9. The molecule has 4 heterocycles. The van der Waals surface area contributed by atoms with Crippen molar-refractivity contribution >= 4 is 17.1 Å². The summed E-state index contributed by atoms with van der Waals surface area (Å²) in [5.41, 5.74) is 1.96. The molecule has 9 nitrogen and oxygen atoms in total. The third-order valence-electron chi connectivity index (χ3n) is 6.19. The van der Waals surface area contributed by atoms with Crippen molar-refractivity contribution in [1.29, 1.82) is 0 Å². The van der Waals surface area contributed by atoms with Gasteiger partial charge in [0.25, 0.3) is 0 Å². The van der Waals surface area contributed by atoms with E-state index in [1.54, 1.807) is 24.3 Å². The largest absolute Gasteiger partial charge is 0.481 e. The molecule has 1 amide bonds. The molecule has 174 valence electrons. The number of pyridine rings is 1. The van der Waals surface area contributed by atoms with Crippen molar-refractivity contribution in [1.82, 2.24) is 29.4 Å². The van der Waals surface area contributed by atoms with E-state index in [1.807, 2.05) is 17.6 Å². The van der Waals surface area contributed by atoms with Crippen molar-refractivity contribution in [2.24, 2.45) is 5.92 Å². The van der Waals surface area contributed by atoms with Crippen molar-refractivity contribution in [3.8, 4) is 23.1 Å². The van der Waals surface area contributed by atoms with Crippen LogP contribution in [0.25, 0.3) is 22.6 Å². The highest BCUT2D eigenvalue weighted by Gasteiger charge is 2.50. The molecule has 1 saturated carbocycles. The number of amides is 1. The molecule has 2 aliphatic rings. The summed E-state index contributed by atoms with van der Waals surface area (Å²) in [5, 5.41) is 0. The summed E-state index contributed by atoms with van der Waals surface area (Å²) in [6, 6.07) is 3.64. The Morgan fingerprint density at radius 1 is 1.24 bits per heavy atom. The van der Waals surface area contributed by atoms with Crippen LogP contribution in [-0.2, 0) is 11.3 Å². The van der Waals surface area contributed by atoms with E-state index in [9.17, 15) is 13.6 Å². The van der Waals surface area contributed by atoms with Crippen molar-refractivity contribution < 1.29 is 23.0 Å². The number of fused-ring (bicyclic) bond motifs is 1. The van der Waals surface area contributed by atoms with Gasteiger partial charge in [-0.15, -0.1) is 0 Å². The number of alkyl halides is 2. The zero-order valence-electron chi connectivity index (χ0n) is 18.4. The number of imidazole rings is 1. The second kappa shape index (κ2) is 8.20. The van der Waals surface area contributed by atoms with Crippen molar-refractivity contribution in [3.05, 3.63) is 24.7 Å². The Morgan fingerprint density at radius 3 is 2.73 bits per heavy atom. The molecule has 33 heavy (non-hydrogen) atoms. The molecular formula is C22H24F2N6O3. The number of ether oxygens (including phenoxy) is 2. The monoisotopic (exact) mass is 458 g/mol. The van der Waals surface area contributed by atoms with E-state index in [-0.39, 0.29) is 24.9 Å². The van der Waals surface area contributed by atoms with Crippen LogP contribution in [0.4, 0.5) is 8.78 Å². The van der Waals surface area contributed by atoms with Crippen molar-refractivity contribution in [2.75, 3.05) is 20.2 Å². The van der Waals surface area contributed by atoms with Crippen LogP contribution in [0, 0.1) is 5.92 Å². The first-order valence-electron chi connectivity index (χ1n) is 10.9. The van der Waals surface area contributed by atoms with E-state index >= 15 is 0 Å². The lowest BCUT2D eigenvalue weighted by Crippen LogP contribution is -2.46. The third kappa shape index (κ3) is 3.96. The Balaban J connectivity index is 1.36. The molecule has 0 bridgehead atoms. The molecule has 3 aromatic heterocycles. The van der Waals surface area contributed by atoms with Crippen molar-refractivity contribution in [3.63, 3.8) is 0 Å². The minimum Gasteiger partial charge on any atom is -0.481 e. The summed E-state index contributed by atoms with van der Waals surface area (Å²) in [4.78, 5) is 31.8. The topological polar surface area (TPSA) is 95.3 Å². The zero-order chi connectivity index (χ0) is 23.2. The van der Waals surface area contributed by atoms with Gasteiger partial charge in [-0.3, -0.25) is 4.79 Å². The first-order valence-corrected chi connectivity index (χ1v) is 10.9. The Kier molecular flexibility index (Phi) is 5.34. The smallest absolute Gasteiger partial charge is 0.249 e. The molecular weight excluding hydrogens is 434 g/mol. The summed E-state index contributed by atoms with van der Waals surface area (Å²) in [5.74, 6) is -1.99. The third-order valence-corrected chi connectivity index (χ3v) is 6.19. The van der Waals surface area contributed by atoms with Crippen LogP contribution in [-0.4, -0.2) is 67.5 Å². The molecule has 3 aromatic rings. The Labute approximate surface area is 188 Å². The Hall–Kier alpha value is -3.37. The maximum Gasteiger partial charge on any atom is 0.249 e. The number of carbonyl (C=O) groups is 1. The highest BCUT2D eigenvalue weighted by molar-refractivity contribution is 5.81. The number of nitrogens with zero attached hydrogens (tertiary/aromatic N) is 6. The van der Waals surface area contributed by atoms with Gasteiger partial charge in [-0.25, -0.2) is 23.7 Å². The van der Waals surface area contributed by atoms with Gasteiger partial charge in [-0.1, -0.05) is 0 Å². The minimum absolute atomic E-state index is 0.218. The number of rotatable bonds is 6. The van der Waals surface area contributed by atoms with Crippen LogP contribution in [0.3, 0.4) is 0 Å². The number of aromatic nitrogens is 5. The van der Waals surface area contributed by atoms with Crippen LogP contribution in [0.5, 0.6) is 11.8 Å². The highest BCUT2D eigenvalue weighted by Crippen LogP contribution is 2.43. The van der Waals surface area contributed by atoms with Crippen molar-refractivity contribution in [2.45, 2.75) is 44.8 Å². The van der Waals surface area contributed by atoms with Crippen LogP contribution in [0.2, 0.25) is 0 Å². The fraction of sp³-hybridized carbons (Fsp3) is 0.500. The van der Waals surface area contributed by atoms with Gasteiger partial charge in [-0.05, 0) is 13.0 Å². The van der Waals surface area contributed by atoms with Crippen LogP contribution in [0.1, 0.15) is 26.2 Å². The second-order valence-corrected chi connectivity index (χ2v) is 8.39. The highest BCUT2D eigenvalue weighted by atomic mass is 19.3. The van der Waals surface area contributed by atoms with Gasteiger partial charge in [0, 0.05) is 56.1 Å². The first kappa shape index (κ1) is 21.5. The molecule has 1 aliphatic carbocycles. The number of methoxy groups -OCH3 is 1. The molecule has 0 aromatic carbocycles. The molecule has 1 saturated heterocycles. The number of hydrogen-bond acceptors (Lipinski definition) is 7. The average Bonchev–Trinajstić information content (AvgIpc) is 3.42. The fourth-order valence-electron chi connectivity index (χ4n) is 4.43. The maximum atomic E-state index is 13.1. The normalized spacial score (nSPS) is 20.1. The molecule has 0 radical (unpaired) electrons. The molecule has 11 heteroatoms. The molecule has 2 fully saturated rings. The molecule has 1 aliphatic heterocycles. The van der Waals surface area contributed by atoms with Crippen LogP contribution < -0.4 is 9.47 Å². The van der Waals surface area contributed by atoms with Gasteiger partial charge in [-0.2, -0.15) is 4.98 Å². The van der Waals surface area contributed by atoms with E-state index in [0.29, 0.717) is 54.8 Å². The average molecular weight is 458 g/mol. The van der Waals surface area contributed by atoms with E-state index in [2.05, 4.69) is 15.0 Å². The molecule has 1 atom stereocenters. The van der Waals surface area contributed by atoms with E-state index in [1.165, 1.54) is 6.33 Å². The van der Waals surface area contributed by atoms with Gasteiger partial charge in [0.05, 0.1) is 13.7 Å². The lowest BCUT2D eigenvalue weighted by atomic mass is 9.80. The van der Waals surface area contributed by atoms with Gasteiger partial charge < -0.3 is 18.9 Å². The lowest BCUT2D eigenvalue weighted by Gasteiger charge is -2.36. The maximum absolute atomic E-state index is 13.1. The summed E-state index contributed by atoms with van der Waals surface area (Å²) in [7, 11) is 1.56. The molecule has 5 rings (SSSR count). The van der Waals surface area contributed by atoms with Crippen LogP contribution in [0.15, 0.2) is 24.7 Å². The van der Waals surface area contributed by atoms with Gasteiger partial charge in [0.1, 0.15) is 18.3 Å². The van der Waals surface area contributed by atoms with E-state index < -0.39 is 11.8 Å². The zero-order valence-corrected chi connectivity index (χ0v) is 18.4. The summed E-state index contributed by atoms with van der Waals surface area (Å²) < 4.78 is 39.5.